The van der Waals surface area contributed by atoms with Crippen molar-refractivity contribution in [1.29, 1.82) is 0 Å². The molecule has 0 radical (unpaired) electrons. The summed E-state index contributed by atoms with van der Waals surface area (Å²) in [5.41, 5.74) is 1.53. The number of methoxy groups -OCH3 is 1. The van der Waals surface area contributed by atoms with Crippen LogP contribution in [-0.2, 0) is 21.4 Å². The molecule has 4 rings (SSSR count). The fourth-order valence-electron chi connectivity index (χ4n) is 3.69. The van der Waals surface area contributed by atoms with Gasteiger partial charge in [-0.25, -0.2) is 13.2 Å². The van der Waals surface area contributed by atoms with Crippen LogP contribution in [0, 0.1) is 5.92 Å². The van der Waals surface area contributed by atoms with Crippen LogP contribution >= 0.6 is 0 Å². The van der Waals surface area contributed by atoms with E-state index in [0.29, 0.717) is 31.4 Å². The fourth-order valence-corrected chi connectivity index (χ4v) is 5.23. The first kappa shape index (κ1) is 21.1. The third-order valence-corrected chi connectivity index (χ3v) is 7.27. The van der Waals surface area contributed by atoms with Crippen LogP contribution < -0.4 is 15.8 Å². The van der Waals surface area contributed by atoms with E-state index in [9.17, 15) is 18.0 Å². The number of H-pyrrole nitrogens is 1. The number of aromatic nitrogens is 1. The molecule has 164 valence electrons. The van der Waals surface area contributed by atoms with Crippen LogP contribution in [0.1, 0.15) is 18.4 Å². The quantitative estimate of drug-likeness (QED) is 0.597. The average Bonchev–Trinajstić information content (AvgIpc) is 3.17. The molecule has 1 atom stereocenters. The normalized spacial score (nSPS) is 17.5. The van der Waals surface area contributed by atoms with E-state index in [4.69, 9.17) is 9.15 Å². The topological polar surface area (TPSA) is 122 Å². The van der Waals surface area contributed by atoms with Crippen LogP contribution in [0.15, 0.2) is 56.6 Å². The van der Waals surface area contributed by atoms with Crippen LogP contribution in [0.3, 0.4) is 0 Å². The zero-order chi connectivity index (χ0) is 22.0. The number of benzene rings is 2. The standard InChI is InChI=1S/C21H23N3O6S/c1-29-16-6-4-14(5-7-16)12-22-20(25)15-3-2-10-24(13-15)31(27,28)17-8-9-18-19(11-17)30-21(26)23-18/h4-9,11,15H,2-3,10,12-13H2,1H3,(H,22,25)(H,23,26). The highest BCUT2D eigenvalue weighted by atomic mass is 32.2. The molecule has 0 aliphatic carbocycles. The Labute approximate surface area is 179 Å². The molecule has 1 fully saturated rings. The van der Waals surface area contributed by atoms with Crippen molar-refractivity contribution in [1.82, 2.24) is 14.6 Å². The molecule has 1 aliphatic heterocycles. The summed E-state index contributed by atoms with van der Waals surface area (Å²) in [5.74, 6) is -0.519. The molecule has 1 saturated heterocycles. The summed E-state index contributed by atoms with van der Waals surface area (Å²) in [6, 6.07) is 11.6. The van der Waals surface area contributed by atoms with Gasteiger partial charge in [0.2, 0.25) is 15.9 Å². The molecule has 1 aromatic heterocycles. The highest BCUT2D eigenvalue weighted by molar-refractivity contribution is 7.89. The first-order valence-corrected chi connectivity index (χ1v) is 11.3. The number of nitrogens with one attached hydrogen (secondary N) is 2. The van der Waals surface area contributed by atoms with Gasteiger partial charge in [0.25, 0.3) is 0 Å². The largest absolute Gasteiger partial charge is 0.497 e. The van der Waals surface area contributed by atoms with Gasteiger partial charge in [-0.15, -0.1) is 0 Å². The van der Waals surface area contributed by atoms with Gasteiger partial charge in [0, 0.05) is 25.7 Å². The predicted molar refractivity (Wildman–Crippen MR) is 113 cm³/mol. The highest BCUT2D eigenvalue weighted by Gasteiger charge is 2.33. The number of hydrogen-bond donors (Lipinski definition) is 2. The van der Waals surface area contributed by atoms with Crippen LogP contribution in [0.2, 0.25) is 0 Å². The first-order valence-electron chi connectivity index (χ1n) is 9.90. The number of piperidine rings is 1. The summed E-state index contributed by atoms with van der Waals surface area (Å²) in [6.45, 7) is 0.793. The molecular weight excluding hydrogens is 422 g/mol. The molecule has 0 bridgehead atoms. The van der Waals surface area contributed by atoms with Gasteiger partial charge in [-0.2, -0.15) is 4.31 Å². The maximum absolute atomic E-state index is 13.1. The number of amides is 1. The Morgan fingerprint density at radius 3 is 2.77 bits per heavy atom. The third-order valence-electron chi connectivity index (χ3n) is 5.41. The SMILES string of the molecule is COc1ccc(CNC(=O)C2CCCN(S(=O)(=O)c3ccc4[nH]c(=O)oc4c3)C2)cc1. The van der Waals surface area contributed by atoms with E-state index < -0.39 is 21.7 Å². The molecule has 31 heavy (non-hydrogen) atoms. The van der Waals surface area contributed by atoms with Gasteiger partial charge < -0.3 is 14.5 Å². The van der Waals surface area contributed by atoms with Crippen LogP contribution in [0.4, 0.5) is 0 Å². The summed E-state index contributed by atoms with van der Waals surface area (Å²) in [7, 11) is -2.23. The van der Waals surface area contributed by atoms with E-state index in [-0.39, 0.29) is 22.9 Å². The Morgan fingerprint density at radius 2 is 2.03 bits per heavy atom. The zero-order valence-electron chi connectivity index (χ0n) is 17.0. The summed E-state index contributed by atoms with van der Waals surface area (Å²) < 4.78 is 37.6. The monoisotopic (exact) mass is 445 g/mol. The molecule has 1 unspecified atom stereocenters. The minimum Gasteiger partial charge on any atom is -0.497 e. The van der Waals surface area contributed by atoms with Crippen molar-refractivity contribution in [2.45, 2.75) is 24.3 Å². The van der Waals surface area contributed by atoms with Gasteiger partial charge in [-0.1, -0.05) is 12.1 Å². The van der Waals surface area contributed by atoms with Crippen molar-refractivity contribution >= 4 is 27.0 Å². The third kappa shape index (κ3) is 4.49. The van der Waals surface area contributed by atoms with Crippen molar-refractivity contribution in [3.63, 3.8) is 0 Å². The number of ether oxygens (including phenoxy) is 1. The number of carbonyl (C=O) groups excluding carboxylic acids is 1. The maximum atomic E-state index is 13.1. The molecule has 2 heterocycles. The molecule has 1 amide bonds. The van der Waals surface area contributed by atoms with Gasteiger partial charge in [0.1, 0.15) is 5.75 Å². The number of aromatic amines is 1. The summed E-state index contributed by atoms with van der Waals surface area (Å²) in [5, 5.41) is 2.89. The van der Waals surface area contributed by atoms with Crippen LogP contribution in [-0.4, -0.2) is 43.8 Å². The number of oxazole rings is 1. The Hall–Kier alpha value is -3.11. The van der Waals surface area contributed by atoms with Crippen molar-refractivity contribution in [2.75, 3.05) is 20.2 Å². The van der Waals surface area contributed by atoms with Gasteiger partial charge in [0.05, 0.1) is 23.4 Å². The zero-order valence-corrected chi connectivity index (χ0v) is 17.8. The minimum absolute atomic E-state index is 0.0297. The molecular formula is C21H23N3O6S. The van der Waals surface area contributed by atoms with E-state index >= 15 is 0 Å². The molecule has 9 nitrogen and oxygen atoms in total. The van der Waals surface area contributed by atoms with Crippen molar-refractivity contribution in [3.8, 4) is 5.75 Å². The summed E-state index contributed by atoms with van der Waals surface area (Å²) >= 11 is 0. The fraction of sp³-hybridized carbons (Fsp3) is 0.333. The number of fused-ring (bicyclic) bond motifs is 1. The number of sulfonamides is 1. The lowest BCUT2D eigenvalue weighted by atomic mass is 9.99. The smallest absolute Gasteiger partial charge is 0.417 e. The number of hydrogen-bond acceptors (Lipinski definition) is 6. The van der Waals surface area contributed by atoms with Crippen LogP contribution in [0.5, 0.6) is 5.75 Å². The second-order valence-corrected chi connectivity index (χ2v) is 9.38. The van der Waals surface area contributed by atoms with E-state index in [0.717, 1.165) is 11.3 Å². The van der Waals surface area contributed by atoms with Crippen molar-refractivity contribution in [2.24, 2.45) is 5.92 Å². The second-order valence-electron chi connectivity index (χ2n) is 7.44. The minimum atomic E-state index is -3.82. The molecule has 1 aliphatic rings. The molecule has 2 N–H and O–H groups in total. The molecule has 0 saturated carbocycles. The lowest BCUT2D eigenvalue weighted by molar-refractivity contribution is -0.126. The highest BCUT2D eigenvalue weighted by Crippen LogP contribution is 2.26. The molecule has 10 heteroatoms. The molecule has 2 aromatic carbocycles. The molecule has 3 aromatic rings. The second kappa shape index (κ2) is 8.56. The van der Waals surface area contributed by atoms with Crippen molar-refractivity contribution in [3.05, 3.63) is 58.6 Å². The summed E-state index contributed by atoms with van der Waals surface area (Å²) in [4.78, 5) is 26.5. The van der Waals surface area contributed by atoms with E-state index in [2.05, 4.69) is 10.3 Å². The Kier molecular flexibility index (Phi) is 5.84. The number of nitrogens with zero attached hydrogens (tertiary/aromatic N) is 1. The van der Waals surface area contributed by atoms with E-state index in [1.54, 1.807) is 7.11 Å². The number of rotatable bonds is 6. The van der Waals surface area contributed by atoms with E-state index in [1.165, 1.54) is 22.5 Å². The van der Waals surface area contributed by atoms with Gasteiger partial charge in [-0.05, 0) is 42.7 Å². The predicted octanol–water partition coefficient (Wildman–Crippen LogP) is 1.85. The maximum Gasteiger partial charge on any atom is 0.417 e. The Balaban J connectivity index is 1.43. The summed E-state index contributed by atoms with van der Waals surface area (Å²) in [6.07, 6.45) is 1.20. The first-order chi connectivity index (χ1) is 14.9. The number of carbonyl (C=O) groups is 1. The van der Waals surface area contributed by atoms with Gasteiger partial charge in [0.15, 0.2) is 5.58 Å². The lowest BCUT2D eigenvalue weighted by Gasteiger charge is -2.31. The van der Waals surface area contributed by atoms with Crippen molar-refractivity contribution < 1.29 is 22.4 Å². The Bertz CT molecular complexity index is 1250. The molecule has 0 spiro atoms. The average molecular weight is 445 g/mol. The lowest BCUT2D eigenvalue weighted by Crippen LogP contribution is -2.45. The Morgan fingerprint density at radius 1 is 1.26 bits per heavy atom. The van der Waals surface area contributed by atoms with Gasteiger partial charge in [-0.3, -0.25) is 9.78 Å². The van der Waals surface area contributed by atoms with Gasteiger partial charge >= 0.3 is 5.76 Å². The van der Waals surface area contributed by atoms with E-state index in [1.807, 2.05) is 24.3 Å². The van der Waals surface area contributed by atoms with Crippen LogP contribution in [0.25, 0.3) is 11.1 Å².